The number of likely N-dealkylation sites (tertiary alicyclic amines) is 1. The lowest BCUT2D eigenvalue weighted by Crippen LogP contribution is -2.46. The van der Waals surface area contributed by atoms with Crippen molar-refractivity contribution in [1.82, 2.24) is 4.90 Å². The summed E-state index contributed by atoms with van der Waals surface area (Å²) in [6.45, 7) is 5.07. The number of halogens is 2. The van der Waals surface area contributed by atoms with Gasteiger partial charge in [-0.05, 0) is 54.1 Å². The number of rotatable bonds is 5. The Kier molecular flexibility index (Phi) is 6.46. The third-order valence-corrected chi connectivity index (χ3v) is 6.08. The third-order valence-electron chi connectivity index (χ3n) is 5.34. The highest BCUT2D eigenvalue weighted by Crippen LogP contribution is 2.37. The maximum absolute atomic E-state index is 11.9. The van der Waals surface area contributed by atoms with E-state index in [2.05, 4.69) is 43.0 Å². The van der Waals surface area contributed by atoms with Gasteiger partial charge in [0.25, 0.3) is 0 Å². The number of carbonyl (C=O) groups is 1. The van der Waals surface area contributed by atoms with E-state index in [1.54, 1.807) is 6.07 Å². The van der Waals surface area contributed by atoms with Crippen LogP contribution in [0.2, 0.25) is 10.0 Å². The van der Waals surface area contributed by atoms with E-state index in [0.29, 0.717) is 22.4 Å². The minimum Gasteiger partial charge on any atom is -0.480 e. The SMILES string of the molecule is CC(C)c1ccc(C(c2ccc(Cl)c(Cl)c2)N2CCCCC2C(=O)O)cc1. The Morgan fingerprint density at radius 2 is 1.63 bits per heavy atom. The molecule has 2 aromatic rings. The molecule has 0 spiro atoms. The van der Waals surface area contributed by atoms with Crippen molar-refractivity contribution in [2.45, 2.75) is 51.1 Å². The molecule has 1 fully saturated rings. The molecule has 27 heavy (non-hydrogen) atoms. The van der Waals surface area contributed by atoms with Gasteiger partial charge in [-0.2, -0.15) is 0 Å². The molecule has 0 aliphatic carbocycles. The highest BCUT2D eigenvalue weighted by Gasteiger charge is 2.35. The van der Waals surface area contributed by atoms with Gasteiger partial charge in [-0.1, -0.05) is 73.8 Å². The molecule has 5 heteroatoms. The normalized spacial score (nSPS) is 19.2. The summed E-state index contributed by atoms with van der Waals surface area (Å²) in [6.07, 6.45) is 2.59. The van der Waals surface area contributed by atoms with Gasteiger partial charge in [0.05, 0.1) is 16.1 Å². The predicted molar refractivity (Wildman–Crippen MR) is 111 cm³/mol. The topological polar surface area (TPSA) is 40.5 Å². The summed E-state index contributed by atoms with van der Waals surface area (Å²) in [6, 6.07) is 13.4. The first kappa shape index (κ1) is 20.2. The number of hydrogen-bond donors (Lipinski definition) is 1. The van der Waals surface area contributed by atoms with Crippen LogP contribution in [0.1, 0.15) is 61.8 Å². The van der Waals surface area contributed by atoms with Crippen molar-refractivity contribution >= 4 is 29.2 Å². The van der Waals surface area contributed by atoms with Gasteiger partial charge in [-0.15, -0.1) is 0 Å². The molecule has 2 unspecified atom stereocenters. The predicted octanol–water partition coefficient (Wildman–Crippen LogP) is 6.15. The maximum atomic E-state index is 11.9. The fourth-order valence-corrected chi connectivity index (χ4v) is 4.16. The van der Waals surface area contributed by atoms with Crippen LogP contribution >= 0.6 is 23.2 Å². The molecule has 1 aliphatic rings. The van der Waals surface area contributed by atoms with E-state index in [-0.39, 0.29) is 6.04 Å². The third kappa shape index (κ3) is 4.48. The van der Waals surface area contributed by atoms with E-state index in [1.807, 2.05) is 12.1 Å². The maximum Gasteiger partial charge on any atom is 0.320 e. The first-order chi connectivity index (χ1) is 12.9. The molecule has 0 saturated carbocycles. The van der Waals surface area contributed by atoms with Gasteiger partial charge >= 0.3 is 5.97 Å². The molecule has 1 heterocycles. The summed E-state index contributed by atoms with van der Waals surface area (Å²) in [7, 11) is 0. The van der Waals surface area contributed by atoms with Crippen LogP contribution in [0.3, 0.4) is 0 Å². The Hall–Kier alpha value is -1.55. The summed E-state index contributed by atoms with van der Waals surface area (Å²) in [5.41, 5.74) is 3.31. The van der Waals surface area contributed by atoms with Gasteiger partial charge in [-0.3, -0.25) is 9.69 Å². The number of benzene rings is 2. The van der Waals surface area contributed by atoms with Crippen LogP contribution in [0.4, 0.5) is 0 Å². The Balaban J connectivity index is 2.07. The summed E-state index contributed by atoms with van der Waals surface area (Å²) in [5, 5.41) is 10.8. The summed E-state index contributed by atoms with van der Waals surface area (Å²) in [4.78, 5) is 14.0. The van der Waals surface area contributed by atoms with Crippen molar-refractivity contribution in [3.8, 4) is 0 Å². The largest absolute Gasteiger partial charge is 0.480 e. The highest BCUT2D eigenvalue weighted by atomic mass is 35.5. The number of nitrogens with zero attached hydrogens (tertiary/aromatic N) is 1. The minimum atomic E-state index is -0.765. The second kappa shape index (κ2) is 8.64. The lowest BCUT2D eigenvalue weighted by Gasteiger charge is -2.39. The van der Waals surface area contributed by atoms with Gasteiger partial charge < -0.3 is 5.11 Å². The smallest absolute Gasteiger partial charge is 0.320 e. The molecule has 0 radical (unpaired) electrons. The van der Waals surface area contributed by atoms with Crippen molar-refractivity contribution in [1.29, 1.82) is 0 Å². The minimum absolute atomic E-state index is 0.164. The molecule has 1 aliphatic heterocycles. The summed E-state index contributed by atoms with van der Waals surface area (Å²) < 4.78 is 0. The van der Waals surface area contributed by atoms with Crippen molar-refractivity contribution in [2.24, 2.45) is 0 Å². The molecule has 0 amide bonds. The molecule has 144 valence electrons. The standard InChI is InChI=1S/C22H25Cl2NO2/c1-14(2)15-6-8-16(9-7-15)21(17-10-11-18(23)19(24)13-17)25-12-4-3-5-20(25)22(26)27/h6-11,13-14,20-21H,3-5,12H2,1-2H3,(H,26,27). The van der Waals surface area contributed by atoms with E-state index in [0.717, 1.165) is 30.5 Å². The van der Waals surface area contributed by atoms with Gasteiger partial charge in [0.15, 0.2) is 0 Å². The Labute approximate surface area is 170 Å². The molecular formula is C22H25Cl2NO2. The first-order valence-electron chi connectivity index (χ1n) is 9.42. The van der Waals surface area contributed by atoms with Crippen molar-refractivity contribution < 1.29 is 9.90 Å². The van der Waals surface area contributed by atoms with Crippen LogP contribution in [-0.4, -0.2) is 28.6 Å². The summed E-state index contributed by atoms with van der Waals surface area (Å²) in [5.74, 6) is -0.317. The average Bonchev–Trinajstić information content (AvgIpc) is 2.65. The van der Waals surface area contributed by atoms with Crippen LogP contribution in [-0.2, 0) is 4.79 Å². The van der Waals surface area contributed by atoms with Gasteiger partial charge in [0.2, 0.25) is 0 Å². The van der Waals surface area contributed by atoms with Gasteiger partial charge in [0.1, 0.15) is 6.04 Å². The number of carboxylic acid groups (broad SMARTS) is 1. The zero-order valence-electron chi connectivity index (χ0n) is 15.7. The van der Waals surface area contributed by atoms with Crippen molar-refractivity contribution in [3.05, 3.63) is 69.2 Å². The highest BCUT2D eigenvalue weighted by molar-refractivity contribution is 6.42. The lowest BCUT2D eigenvalue weighted by molar-refractivity contribution is -0.145. The molecular weight excluding hydrogens is 381 g/mol. The van der Waals surface area contributed by atoms with Gasteiger partial charge in [-0.25, -0.2) is 0 Å². The molecule has 2 atom stereocenters. The second-order valence-electron chi connectivity index (χ2n) is 7.49. The van der Waals surface area contributed by atoms with Crippen LogP contribution < -0.4 is 0 Å². The van der Waals surface area contributed by atoms with E-state index >= 15 is 0 Å². The molecule has 2 aromatic carbocycles. The van der Waals surface area contributed by atoms with E-state index in [4.69, 9.17) is 23.2 Å². The monoisotopic (exact) mass is 405 g/mol. The first-order valence-corrected chi connectivity index (χ1v) is 10.2. The number of piperidine rings is 1. The Morgan fingerprint density at radius 1 is 1.00 bits per heavy atom. The number of hydrogen-bond acceptors (Lipinski definition) is 2. The van der Waals surface area contributed by atoms with E-state index in [9.17, 15) is 9.90 Å². The fourth-order valence-electron chi connectivity index (χ4n) is 3.85. The lowest BCUT2D eigenvalue weighted by atomic mass is 9.90. The molecule has 3 rings (SSSR count). The van der Waals surface area contributed by atoms with E-state index in [1.165, 1.54) is 5.56 Å². The quantitative estimate of drug-likeness (QED) is 0.648. The molecule has 1 saturated heterocycles. The Morgan fingerprint density at radius 3 is 2.22 bits per heavy atom. The second-order valence-corrected chi connectivity index (χ2v) is 8.30. The van der Waals surface area contributed by atoms with Crippen LogP contribution in [0.5, 0.6) is 0 Å². The molecule has 1 N–H and O–H groups in total. The fraction of sp³-hybridized carbons (Fsp3) is 0.409. The van der Waals surface area contributed by atoms with Crippen LogP contribution in [0, 0.1) is 0 Å². The molecule has 0 aromatic heterocycles. The summed E-state index contributed by atoms with van der Waals surface area (Å²) >= 11 is 12.4. The average molecular weight is 406 g/mol. The van der Waals surface area contributed by atoms with E-state index < -0.39 is 12.0 Å². The van der Waals surface area contributed by atoms with Crippen LogP contribution in [0.25, 0.3) is 0 Å². The number of carboxylic acids is 1. The van der Waals surface area contributed by atoms with Crippen molar-refractivity contribution in [3.63, 3.8) is 0 Å². The zero-order valence-corrected chi connectivity index (χ0v) is 17.2. The molecule has 0 bridgehead atoms. The van der Waals surface area contributed by atoms with Crippen LogP contribution in [0.15, 0.2) is 42.5 Å². The Bertz CT molecular complexity index is 804. The van der Waals surface area contributed by atoms with Gasteiger partial charge in [0, 0.05) is 0 Å². The zero-order chi connectivity index (χ0) is 19.6. The molecule has 3 nitrogen and oxygen atoms in total. The van der Waals surface area contributed by atoms with Crippen molar-refractivity contribution in [2.75, 3.05) is 6.54 Å². The number of aliphatic carboxylic acids is 1.